The molecule has 0 bridgehead atoms. The summed E-state index contributed by atoms with van der Waals surface area (Å²) in [6.45, 7) is 11.8. The molecule has 6 rings (SSSR count). The largest absolute Gasteiger partial charge is 0.402 e. The van der Waals surface area contributed by atoms with Crippen LogP contribution in [-0.2, 0) is 11.8 Å². The number of nitrogens with two attached hydrogens (primary N) is 2. The Hall–Kier alpha value is -2.33. The number of nitrogen functional groups attached to an aromatic ring is 1. The second kappa shape index (κ2) is 9.40. The summed E-state index contributed by atoms with van der Waals surface area (Å²) in [4.78, 5) is 5.29. The minimum absolute atomic E-state index is 0.0734. The Kier molecular flexibility index (Phi) is 6.41. The molecule has 204 valence electrons. The average Bonchev–Trinajstić information content (AvgIpc) is 2.91. The van der Waals surface area contributed by atoms with Crippen molar-refractivity contribution in [2.75, 3.05) is 5.43 Å². The lowest BCUT2D eigenvalue weighted by atomic mass is 9.45. The minimum atomic E-state index is 0.0734. The smallest absolute Gasteiger partial charge is 0.0488 e. The quantitative estimate of drug-likeness (QED) is 0.220. The lowest BCUT2D eigenvalue weighted by molar-refractivity contribution is 0.0569. The maximum Gasteiger partial charge on any atom is 0.0488 e. The van der Waals surface area contributed by atoms with Crippen molar-refractivity contribution in [3.63, 3.8) is 0 Å². The molecule has 0 saturated heterocycles. The zero-order chi connectivity index (χ0) is 26.7. The predicted molar refractivity (Wildman–Crippen MR) is 160 cm³/mol. The third-order valence-electron chi connectivity index (χ3n) is 12.0. The highest BCUT2D eigenvalue weighted by Gasteiger charge is 2.57. The third-order valence-corrected chi connectivity index (χ3v) is 12.0. The molecule has 4 heteroatoms. The molecule has 0 aromatic heterocycles. The Balaban J connectivity index is 1.41. The summed E-state index contributed by atoms with van der Waals surface area (Å²) in [5.41, 5.74) is 19.6. The Labute approximate surface area is 230 Å². The van der Waals surface area contributed by atoms with Gasteiger partial charge in [0.1, 0.15) is 0 Å². The van der Waals surface area contributed by atoms with Crippen LogP contribution in [-0.4, -0.2) is 5.71 Å². The van der Waals surface area contributed by atoms with Crippen molar-refractivity contribution in [3.05, 3.63) is 65.0 Å². The van der Waals surface area contributed by atoms with Crippen molar-refractivity contribution >= 4 is 11.4 Å². The van der Waals surface area contributed by atoms with E-state index in [4.69, 9.17) is 16.6 Å². The number of rotatable bonds is 4. The van der Waals surface area contributed by atoms with E-state index in [1.165, 1.54) is 74.6 Å². The number of allylic oxidation sites excluding steroid dienone is 4. The van der Waals surface area contributed by atoms with Crippen LogP contribution in [0.15, 0.2) is 58.9 Å². The summed E-state index contributed by atoms with van der Waals surface area (Å²) in [6, 6.07) is 6.78. The molecule has 4 nitrogen and oxygen atoms in total. The van der Waals surface area contributed by atoms with Gasteiger partial charge in [-0.15, -0.1) is 0 Å². The summed E-state index contributed by atoms with van der Waals surface area (Å²) in [7, 11) is 0. The highest BCUT2D eigenvalue weighted by molar-refractivity contribution is 5.94. The van der Waals surface area contributed by atoms with E-state index in [0.717, 1.165) is 30.6 Å². The molecule has 2 fully saturated rings. The Bertz CT molecular complexity index is 1220. The van der Waals surface area contributed by atoms with E-state index < -0.39 is 0 Å². The zero-order valence-electron chi connectivity index (χ0n) is 23.9. The number of anilines is 1. The Morgan fingerprint density at radius 1 is 1.00 bits per heavy atom. The number of aliphatic imine (C=N–C) groups is 1. The molecule has 0 spiro atoms. The first-order valence-corrected chi connectivity index (χ1v) is 15.2. The molecule has 1 aromatic rings. The van der Waals surface area contributed by atoms with Crippen LogP contribution >= 0.6 is 0 Å². The van der Waals surface area contributed by atoms with E-state index in [9.17, 15) is 0 Å². The van der Waals surface area contributed by atoms with Gasteiger partial charge in [0.25, 0.3) is 0 Å². The first-order valence-electron chi connectivity index (χ1n) is 15.2. The van der Waals surface area contributed by atoms with Gasteiger partial charge < -0.3 is 11.2 Å². The molecule has 5 aliphatic carbocycles. The molecular weight excluding hydrogens is 464 g/mol. The van der Waals surface area contributed by atoms with Crippen LogP contribution in [0.4, 0.5) is 5.69 Å². The monoisotopic (exact) mass is 512 g/mol. The van der Waals surface area contributed by atoms with Crippen molar-refractivity contribution in [2.24, 2.45) is 45.2 Å². The lowest BCUT2D eigenvalue weighted by Gasteiger charge is -2.59. The Morgan fingerprint density at radius 3 is 2.61 bits per heavy atom. The maximum atomic E-state index is 6.43. The van der Waals surface area contributed by atoms with Crippen LogP contribution in [0.25, 0.3) is 0 Å². The number of hydrogen-bond donors (Lipinski definition) is 3. The second-order valence-electron chi connectivity index (χ2n) is 13.8. The highest BCUT2D eigenvalue weighted by atomic mass is 15.2. The molecule has 38 heavy (non-hydrogen) atoms. The molecule has 0 amide bonds. The van der Waals surface area contributed by atoms with Crippen molar-refractivity contribution in [1.29, 1.82) is 0 Å². The molecule has 2 saturated carbocycles. The first-order chi connectivity index (χ1) is 18.2. The molecule has 0 heterocycles. The minimum Gasteiger partial charge on any atom is -0.402 e. The van der Waals surface area contributed by atoms with Crippen LogP contribution in [0.1, 0.15) is 103 Å². The van der Waals surface area contributed by atoms with Crippen molar-refractivity contribution < 1.29 is 0 Å². The fraction of sp³-hybridized carbons (Fsp3) is 0.618. The highest BCUT2D eigenvalue weighted by Crippen LogP contribution is 2.62. The van der Waals surface area contributed by atoms with Gasteiger partial charge in [0.2, 0.25) is 0 Å². The average molecular weight is 513 g/mol. The van der Waals surface area contributed by atoms with E-state index in [2.05, 4.69) is 57.1 Å². The van der Waals surface area contributed by atoms with Gasteiger partial charge in [0.15, 0.2) is 0 Å². The molecule has 5 aliphatic rings. The first kappa shape index (κ1) is 25.9. The van der Waals surface area contributed by atoms with E-state index in [-0.39, 0.29) is 16.2 Å². The lowest BCUT2D eigenvalue weighted by Crippen LogP contribution is -2.56. The fourth-order valence-electron chi connectivity index (χ4n) is 10.3. The third kappa shape index (κ3) is 3.77. The summed E-state index contributed by atoms with van der Waals surface area (Å²) in [5.74, 6) is 7.58. The fourth-order valence-corrected chi connectivity index (χ4v) is 10.3. The maximum absolute atomic E-state index is 6.43. The van der Waals surface area contributed by atoms with Crippen LogP contribution < -0.4 is 17.0 Å². The number of aryl methyl sites for hydroxylation is 1. The molecule has 0 aliphatic heterocycles. The summed E-state index contributed by atoms with van der Waals surface area (Å²) < 4.78 is 0. The van der Waals surface area contributed by atoms with Gasteiger partial charge in [-0.1, -0.05) is 51.8 Å². The van der Waals surface area contributed by atoms with Crippen molar-refractivity contribution in [1.82, 2.24) is 0 Å². The van der Waals surface area contributed by atoms with Crippen LogP contribution in [0, 0.1) is 28.6 Å². The molecule has 1 aromatic carbocycles. The van der Waals surface area contributed by atoms with Crippen molar-refractivity contribution in [3.8, 4) is 0 Å². The molecule has 5 N–H and O–H groups in total. The van der Waals surface area contributed by atoms with Crippen LogP contribution in [0.2, 0.25) is 0 Å². The molecule has 0 radical (unpaired) electrons. The van der Waals surface area contributed by atoms with E-state index >= 15 is 0 Å². The van der Waals surface area contributed by atoms with Crippen LogP contribution in [0.3, 0.4) is 0 Å². The van der Waals surface area contributed by atoms with Crippen molar-refractivity contribution in [2.45, 2.75) is 103 Å². The van der Waals surface area contributed by atoms with E-state index in [0.29, 0.717) is 17.8 Å². The summed E-state index contributed by atoms with van der Waals surface area (Å²) in [6.07, 6.45) is 18.8. The molecule has 6 atom stereocenters. The number of hydrazine groups is 1. The predicted octanol–water partition coefficient (Wildman–Crippen LogP) is 7.72. The standard InChI is InChI=1S/C34H48N4/c1-5-37-31(26-8-6-17-32(2)27(26)15-11-22-9-13-24(35)20-28(22)32)34(4)19-7-18-33(3)29-21-25(38-36)14-10-23(29)12-16-30(33)34/h5,10,14,20-21,26-27,30,38H,1,6-9,11-13,15-19,35-36H2,2-4H3/t26?,27?,30?,32?,33?,34-/m0/s1. The molecule has 5 unspecified atom stereocenters. The van der Waals surface area contributed by atoms with E-state index in [1.54, 1.807) is 11.1 Å². The second-order valence-corrected chi connectivity index (χ2v) is 13.8. The van der Waals surface area contributed by atoms with Gasteiger partial charge in [0.05, 0.1) is 0 Å². The topological polar surface area (TPSA) is 76.4 Å². The number of nitrogens with zero attached hydrogens (tertiary/aromatic N) is 1. The van der Waals surface area contributed by atoms with Crippen LogP contribution in [0.5, 0.6) is 0 Å². The number of nitrogens with one attached hydrogen (secondary N) is 1. The summed E-state index contributed by atoms with van der Waals surface area (Å²) in [5, 5.41) is 0. The molecular formula is C34H48N4. The normalized spacial score (nSPS) is 38.8. The van der Waals surface area contributed by atoms with Gasteiger partial charge in [0, 0.05) is 34.6 Å². The summed E-state index contributed by atoms with van der Waals surface area (Å²) >= 11 is 0. The Morgan fingerprint density at radius 2 is 1.82 bits per heavy atom. The van der Waals surface area contributed by atoms with Gasteiger partial charge in [-0.25, -0.2) is 0 Å². The van der Waals surface area contributed by atoms with Gasteiger partial charge in [-0.05, 0) is 122 Å². The number of hydrogen-bond acceptors (Lipinski definition) is 4. The number of fused-ring (bicyclic) bond motifs is 5. The zero-order valence-corrected chi connectivity index (χ0v) is 23.9. The SMILES string of the molecule is C=CN=C(C1CCCC2(C)C3=C(CCC(N)=C3)CCC12)[C@@]1(C)CCCC2(C)c3cc(NN)ccc3CCC21. The van der Waals surface area contributed by atoms with Gasteiger partial charge >= 0.3 is 0 Å². The van der Waals surface area contributed by atoms with E-state index in [1.807, 2.05) is 6.20 Å². The number of benzene rings is 1. The van der Waals surface area contributed by atoms with Gasteiger partial charge in [-0.3, -0.25) is 10.8 Å². The van der Waals surface area contributed by atoms with Gasteiger partial charge in [-0.2, -0.15) is 0 Å².